The number of aromatic nitrogens is 1. The normalized spacial score (nSPS) is 10.0. The van der Waals surface area contributed by atoms with Gasteiger partial charge in [0.15, 0.2) is 0 Å². The van der Waals surface area contributed by atoms with Crippen LogP contribution in [-0.2, 0) is 0 Å². The second kappa shape index (κ2) is 5.45. The van der Waals surface area contributed by atoms with Crippen LogP contribution in [0.15, 0.2) is 42.6 Å². The van der Waals surface area contributed by atoms with Gasteiger partial charge in [0, 0.05) is 11.8 Å². The Balaban J connectivity index is 2.19. The first-order valence-corrected chi connectivity index (χ1v) is 6.00. The first kappa shape index (κ1) is 12.3. The second-order valence-corrected chi connectivity index (χ2v) is 4.56. The quantitative estimate of drug-likeness (QED) is 0.837. The van der Waals surface area contributed by atoms with Crippen LogP contribution in [0.2, 0.25) is 10.0 Å². The molecule has 2 rings (SSSR count). The second-order valence-electron chi connectivity index (χ2n) is 3.30. The van der Waals surface area contributed by atoms with E-state index in [2.05, 4.69) is 10.3 Å². The molecule has 0 saturated heterocycles. The van der Waals surface area contributed by atoms with Crippen LogP contribution in [0.5, 0.6) is 0 Å². The Morgan fingerprint density at radius 2 is 1.88 bits per heavy atom. The maximum atomic E-state index is 5.99. The molecule has 0 radical (unpaired) electrons. The van der Waals surface area contributed by atoms with Crippen LogP contribution >= 0.6 is 35.4 Å². The minimum atomic E-state index is 0.441. The monoisotopic (exact) mass is 282 g/mol. The van der Waals surface area contributed by atoms with Crippen molar-refractivity contribution in [3.05, 3.63) is 58.2 Å². The fourth-order valence-electron chi connectivity index (χ4n) is 1.28. The zero-order valence-electron chi connectivity index (χ0n) is 8.65. The highest BCUT2D eigenvalue weighted by molar-refractivity contribution is 7.81. The maximum absolute atomic E-state index is 5.99. The van der Waals surface area contributed by atoms with Gasteiger partial charge in [0.2, 0.25) is 0 Å². The van der Waals surface area contributed by atoms with Gasteiger partial charge in [0.25, 0.3) is 0 Å². The number of thiocarbonyl (C=S) groups is 1. The van der Waals surface area contributed by atoms with Crippen molar-refractivity contribution in [1.82, 2.24) is 4.98 Å². The number of rotatable bonds is 2. The molecule has 2 nitrogen and oxygen atoms in total. The third-order valence-corrected chi connectivity index (χ3v) is 2.91. The van der Waals surface area contributed by atoms with Crippen molar-refractivity contribution in [1.29, 1.82) is 0 Å². The van der Waals surface area contributed by atoms with Crippen LogP contribution in [0.3, 0.4) is 0 Å². The van der Waals surface area contributed by atoms with E-state index in [4.69, 9.17) is 35.4 Å². The molecule has 2 aromatic rings. The van der Waals surface area contributed by atoms with Crippen molar-refractivity contribution in [2.24, 2.45) is 0 Å². The van der Waals surface area contributed by atoms with Gasteiger partial charge in [0.1, 0.15) is 10.8 Å². The summed E-state index contributed by atoms with van der Waals surface area (Å²) in [7, 11) is 0. The molecule has 0 atom stereocenters. The molecule has 0 spiro atoms. The first-order chi connectivity index (χ1) is 8.16. The Bertz CT molecular complexity index is 543. The molecule has 0 fully saturated rings. The first-order valence-electron chi connectivity index (χ1n) is 4.84. The minimum absolute atomic E-state index is 0.441. The zero-order chi connectivity index (χ0) is 12.3. The average Bonchev–Trinajstić information content (AvgIpc) is 2.34. The van der Waals surface area contributed by atoms with Crippen molar-refractivity contribution in [2.45, 2.75) is 0 Å². The van der Waals surface area contributed by atoms with Gasteiger partial charge in [-0.3, -0.25) is 0 Å². The minimum Gasteiger partial charge on any atom is -0.330 e. The number of halogens is 2. The summed E-state index contributed by atoms with van der Waals surface area (Å²) in [6, 6.07) is 11.2. The fraction of sp³-hybridized carbons (Fsp3) is 0. The standard InChI is InChI=1S/C12H8Cl2N2S/c13-9-6-10(14)11(15-7-9)16-12(17)8-4-2-1-3-5-8/h1-7H,(H,15,16,17). The zero-order valence-corrected chi connectivity index (χ0v) is 11.0. The molecule has 86 valence electrons. The number of hydrogen-bond donors (Lipinski definition) is 1. The Hall–Kier alpha value is -1.16. The van der Waals surface area contributed by atoms with E-state index in [1.807, 2.05) is 30.3 Å². The lowest BCUT2D eigenvalue weighted by Crippen LogP contribution is -2.11. The molecule has 0 bridgehead atoms. The van der Waals surface area contributed by atoms with Crippen molar-refractivity contribution >= 4 is 46.2 Å². The van der Waals surface area contributed by atoms with Gasteiger partial charge >= 0.3 is 0 Å². The molecule has 0 aliphatic heterocycles. The van der Waals surface area contributed by atoms with Crippen molar-refractivity contribution in [3.63, 3.8) is 0 Å². The molecular formula is C12H8Cl2N2S. The highest BCUT2D eigenvalue weighted by Crippen LogP contribution is 2.23. The lowest BCUT2D eigenvalue weighted by molar-refractivity contribution is 1.32. The van der Waals surface area contributed by atoms with Crippen molar-refractivity contribution in [3.8, 4) is 0 Å². The molecule has 0 aliphatic carbocycles. The summed E-state index contributed by atoms with van der Waals surface area (Å²) in [4.78, 5) is 4.65. The Morgan fingerprint density at radius 1 is 1.18 bits per heavy atom. The van der Waals surface area contributed by atoms with E-state index in [-0.39, 0.29) is 0 Å². The van der Waals surface area contributed by atoms with Crippen LogP contribution in [0.25, 0.3) is 0 Å². The van der Waals surface area contributed by atoms with E-state index in [1.165, 1.54) is 6.20 Å². The fourth-order valence-corrected chi connectivity index (χ4v) is 1.94. The van der Waals surface area contributed by atoms with Gasteiger partial charge in [-0.05, 0) is 6.07 Å². The van der Waals surface area contributed by atoms with Crippen LogP contribution < -0.4 is 5.32 Å². The molecular weight excluding hydrogens is 275 g/mol. The number of hydrogen-bond acceptors (Lipinski definition) is 2. The number of pyridine rings is 1. The van der Waals surface area contributed by atoms with Gasteiger partial charge in [-0.1, -0.05) is 65.8 Å². The third kappa shape index (κ3) is 3.16. The SMILES string of the molecule is S=C(Nc1ncc(Cl)cc1Cl)c1ccccc1. The summed E-state index contributed by atoms with van der Waals surface area (Å²) in [5.74, 6) is 0.505. The van der Waals surface area contributed by atoms with Crippen LogP contribution in [0.1, 0.15) is 5.56 Å². The molecule has 0 unspecified atom stereocenters. The maximum Gasteiger partial charge on any atom is 0.149 e. The van der Waals surface area contributed by atoms with Gasteiger partial charge < -0.3 is 5.32 Å². The predicted octanol–water partition coefficient (Wildman–Crippen LogP) is 4.18. The van der Waals surface area contributed by atoms with Crippen molar-refractivity contribution in [2.75, 3.05) is 5.32 Å². The van der Waals surface area contributed by atoms with Crippen LogP contribution in [0.4, 0.5) is 5.82 Å². The number of nitrogens with one attached hydrogen (secondary N) is 1. The van der Waals surface area contributed by atoms with E-state index in [0.717, 1.165) is 5.56 Å². The highest BCUT2D eigenvalue weighted by atomic mass is 35.5. The summed E-state index contributed by atoms with van der Waals surface area (Å²) in [5.41, 5.74) is 0.912. The molecule has 5 heteroatoms. The van der Waals surface area contributed by atoms with Gasteiger partial charge in [-0.25, -0.2) is 4.98 Å². The molecule has 1 aromatic carbocycles. The molecule has 0 amide bonds. The Labute approximate surface area is 115 Å². The molecule has 0 aliphatic rings. The molecule has 0 saturated carbocycles. The largest absolute Gasteiger partial charge is 0.330 e. The van der Waals surface area contributed by atoms with E-state index >= 15 is 0 Å². The molecule has 1 aromatic heterocycles. The van der Waals surface area contributed by atoms with Crippen LogP contribution in [0, 0.1) is 0 Å². The summed E-state index contributed by atoms with van der Waals surface area (Å²) in [6.07, 6.45) is 1.52. The summed E-state index contributed by atoms with van der Waals surface area (Å²) in [5, 5.41) is 3.92. The highest BCUT2D eigenvalue weighted by Gasteiger charge is 2.06. The smallest absolute Gasteiger partial charge is 0.149 e. The Kier molecular flexibility index (Phi) is 3.94. The van der Waals surface area contributed by atoms with Gasteiger partial charge in [-0.2, -0.15) is 0 Å². The summed E-state index contributed by atoms with van der Waals surface area (Å²) in [6.45, 7) is 0. The summed E-state index contributed by atoms with van der Waals surface area (Å²) >= 11 is 17.0. The molecule has 17 heavy (non-hydrogen) atoms. The topological polar surface area (TPSA) is 24.9 Å². The number of nitrogens with zero attached hydrogens (tertiary/aromatic N) is 1. The molecule has 1 heterocycles. The van der Waals surface area contributed by atoms with E-state index in [0.29, 0.717) is 20.9 Å². The lowest BCUT2D eigenvalue weighted by atomic mass is 10.2. The van der Waals surface area contributed by atoms with Crippen molar-refractivity contribution < 1.29 is 0 Å². The average molecular weight is 283 g/mol. The van der Waals surface area contributed by atoms with E-state index in [9.17, 15) is 0 Å². The molecule has 1 N–H and O–H groups in total. The third-order valence-electron chi connectivity index (χ3n) is 2.08. The number of anilines is 1. The van der Waals surface area contributed by atoms with Gasteiger partial charge in [0.05, 0.1) is 10.0 Å². The summed E-state index contributed by atoms with van der Waals surface area (Å²) < 4.78 is 0. The van der Waals surface area contributed by atoms with Gasteiger partial charge in [-0.15, -0.1) is 0 Å². The Morgan fingerprint density at radius 3 is 2.53 bits per heavy atom. The number of benzene rings is 1. The lowest BCUT2D eigenvalue weighted by Gasteiger charge is -2.08. The predicted molar refractivity (Wildman–Crippen MR) is 76.0 cm³/mol. The van der Waals surface area contributed by atoms with Crippen LogP contribution in [-0.4, -0.2) is 9.97 Å². The van der Waals surface area contributed by atoms with E-state index in [1.54, 1.807) is 6.07 Å². The van der Waals surface area contributed by atoms with E-state index < -0.39 is 0 Å².